The Bertz CT molecular complexity index is 1230. The topological polar surface area (TPSA) is 53.9 Å². The lowest BCUT2D eigenvalue weighted by molar-refractivity contribution is -0.118. The summed E-state index contributed by atoms with van der Waals surface area (Å²) in [6, 6.07) is 33.3. The first-order valence-corrected chi connectivity index (χ1v) is 11.1. The van der Waals surface area contributed by atoms with Crippen molar-refractivity contribution in [1.29, 1.82) is 0 Å². The molecule has 0 aromatic heterocycles. The average molecular weight is 450 g/mol. The van der Waals surface area contributed by atoms with Crippen LogP contribution >= 0.6 is 0 Å². The van der Waals surface area contributed by atoms with Crippen LogP contribution in [0.3, 0.4) is 0 Å². The summed E-state index contributed by atoms with van der Waals surface area (Å²) in [7, 11) is 0. The number of rotatable bonds is 8. The molecule has 4 aromatic rings. The number of anilines is 3. The smallest absolute Gasteiger partial charge is 0.262 e. The molecule has 5 heteroatoms. The minimum Gasteiger partial charge on any atom is -0.484 e. The van der Waals surface area contributed by atoms with Crippen LogP contribution in [-0.4, -0.2) is 18.7 Å². The van der Waals surface area contributed by atoms with Gasteiger partial charge in [-0.3, -0.25) is 4.79 Å². The first-order valence-electron chi connectivity index (χ1n) is 11.1. The summed E-state index contributed by atoms with van der Waals surface area (Å²) in [6.07, 6.45) is 1.78. The summed E-state index contributed by atoms with van der Waals surface area (Å²) < 4.78 is 5.72. The van der Waals surface area contributed by atoms with E-state index in [0.717, 1.165) is 28.2 Å². The maximum Gasteiger partial charge on any atom is 0.262 e. The summed E-state index contributed by atoms with van der Waals surface area (Å²) in [6.45, 7) is 3.98. The number of benzene rings is 4. The molecule has 5 nitrogen and oxygen atoms in total. The molecule has 0 saturated heterocycles. The number of carbonyl (C=O) groups excluding carboxylic acids is 1. The minimum absolute atomic E-state index is 0.0757. The molecule has 34 heavy (non-hydrogen) atoms. The molecule has 0 aliphatic rings. The van der Waals surface area contributed by atoms with E-state index in [2.05, 4.69) is 5.32 Å². The number of carbonyl (C=O) groups is 1. The lowest BCUT2D eigenvalue weighted by Crippen LogP contribution is -2.20. The number of hydrogen-bond acceptors (Lipinski definition) is 4. The van der Waals surface area contributed by atoms with E-state index in [-0.39, 0.29) is 12.5 Å². The van der Waals surface area contributed by atoms with Crippen LogP contribution in [0.1, 0.15) is 16.7 Å². The number of nitrogens with one attached hydrogen (secondary N) is 1. The van der Waals surface area contributed by atoms with E-state index >= 15 is 0 Å². The zero-order chi connectivity index (χ0) is 23.8. The monoisotopic (exact) mass is 449 g/mol. The summed E-state index contributed by atoms with van der Waals surface area (Å²) in [5.41, 5.74) is 5.86. The Hall–Kier alpha value is -4.38. The Balaban J connectivity index is 1.43. The second-order valence-corrected chi connectivity index (χ2v) is 7.94. The van der Waals surface area contributed by atoms with Crippen molar-refractivity contribution in [2.45, 2.75) is 13.8 Å². The van der Waals surface area contributed by atoms with Crippen LogP contribution in [0.2, 0.25) is 0 Å². The number of nitrogens with zero attached hydrogens (tertiary/aromatic N) is 2. The van der Waals surface area contributed by atoms with Gasteiger partial charge in [-0.05, 0) is 79.1 Å². The molecule has 0 aliphatic heterocycles. The van der Waals surface area contributed by atoms with Crippen LogP contribution in [0, 0.1) is 13.8 Å². The van der Waals surface area contributed by atoms with Crippen LogP contribution in [0.4, 0.5) is 17.1 Å². The molecule has 1 N–H and O–H groups in total. The van der Waals surface area contributed by atoms with Crippen molar-refractivity contribution in [2.75, 3.05) is 16.9 Å². The zero-order valence-electron chi connectivity index (χ0n) is 19.3. The average Bonchev–Trinajstić information content (AvgIpc) is 2.87. The molecule has 4 rings (SSSR count). The number of aryl methyl sites for hydroxylation is 2. The Morgan fingerprint density at radius 3 is 2.15 bits per heavy atom. The Morgan fingerprint density at radius 2 is 1.50 bits per heavy atom. The normalized spacial score (nSPS) is 10.8. The summed E-state index contributed by atoms with van der Waals surface area (Å²) in [5.74, 6) is 0.395. The second-order valence-electron chi connectivity index (χ2n) is 7.94. The van der Waals surface area contributed by atoms with E-state index in [0.29, 0.717) is 5.75 Å². The van der Waals surface area contributed by atoms with Gasteiger partial charge in [-0.2, -0.15) is 5.10 Å². The molecular weight excluding hydrogens is 422 g/mol. The van der Waals surface area contributed by atoms with E-state index in [1.807, 2.05) is 122 Å². The number of para-hydroxylation sites is 2. The van der Waals surface area contributed by atoms with Crippen LogP contribution < -0.4 is 15.1 Å². The fourth-order valence-electron chi connectivity index (χ4n) is 3.39. The minimum atomic E-state index is -0.207. The van der Waals surface area contributed by atoms with Gasteiger partial charge in [-0.25, -0.2) is 5.01 Å². The molecular formula is C29H27N3O2. The quantitative estimate of drug-likeness (QED) is 0.247. The van der Waals surface area contributed by atoms with Crippen molar-refractivity contribution in [2.24, 2.45) is 5.10 Å². The summed E-state index contributed by atoms with van der Waals surface area (Å²) in [5, 5.41) is 9.47. The van der Waals surface area contributed by atoms with Gasteiger partial charge in [0.2, 0.25) is 0 Å². The van der Waals surface area contributed by atoms with Gasteiger partial charge in [0.1, 0.15) is 5.75 Å². The Labute approximate surface area is 200 Å². The van der Waals surface area contributed by atoms with Gasteiger partial charge in [0, 0.05) is 5.69 Å². The number of amides is 1. The molecule has 170 valence electrons. The molecule has 0 aliphatic carbocycles. The molecule has 0 atom stereocenters. The van der Waals surface area contributed by atoms with Crippen molar-refractivity contribution in [3.8, 4) is 5.75 Å². The molecule has 0 saturated carbocycles. The number of ether oxygens (including phenoxy) is 1. The number of hydrogen-bond donors (Lipinski definition) is 1. The molecule has 0 radical (unpaired) electrons. The molecule has 0 fully saturated rings. The van der Waals surface area contributed by atoms with Gasteiger partial charge < -0.3 is 10.1 Å². The third-order valence-corrected chi connectivity index (χ3v) is 5.34. The third kappa shape index (κ3) is 6.11. The highest BCUT2D eigenvalue weighted by Gasteiger charge is 2.08. The van der Waals surface area contributed by atoms with Crippen LogP contribution in [0.25, 0.3) is 0 Å². The Kier molecular flexibility index (Phi) is 7.35. The summed E-state index contributed by atoms with van der Waals surface area (Å²) >= 11 is 0. The van der Waals surface area contributed by atoms with Gasteiger partial charge in [-0.1, -0.05) is 54.6 Å². The van der Waals surface area contributed by atoms with Crippen LogP contribution in [-0.2, 0) is 4.79 Å². The van der Waals surface area contributed by atoms with Gasteiger partial charge >= 0.3 is 0 Å². The molecule has 4 aromatic carbocycles. The fraction of sp³-hybridized carbons (Fsp3) is 0.103. The molecule has 1 amide bonds. The van der Waals surface area contributed by atoms with Crippen LogP contribution in [0.15, 0.2) is 108 Å². The predicted molar refractivity (Wildman–Crippen MR) is 139 cm³/mol. The number of hydrazone groups is 1. The highest BCUT2D eigenvalue weighted by atomic mass is 16.5. The highest BCUT2D eigenvalue weighted by molar-refractivity contribution is 5.92. The van der Waals surface area contributed by atoms with Crippen LogP contribution in [0.5, 0.6) is 5.75 Å². The fourth-order valence-corrected chi connectivity index (χ4v) is 3.39. The van der Waals surface area contributed by atoms with E-state index in [9.17, 15) is 4.79 Å². The lowest BCUT2D eigenvalue weighted by atomic mass is 10.1. The molecule has 0 unspecified atom stereocenters. The lowest BCUT2D eigenvalue weighted by Gasteiger charge is -2.19. The third-order valence-electron chi connectivity index (χ3n) is 5.34. The highest BCUT2D eigenvalue weighted by Crippen LogP contribution is 2.25. The van der Waals surface area contributed by atoms with Gasteiger partial charge in [0.15, 0.2) is 6.61 Å². The molecule has 0 heterocycles. The zero-order valence-corrected chi connectivity index (χ0v) is 19.3. The van der Waals surface area contributed by atoms with Crippen molar-refractivity contribution >= 4 is 29.2 Å². The SMILES string of the molecule is Cc1ccc(NC(=O)COc2cccc(/C=N\N(c3ccccc3)c3ccccc3)c2)cc1C. The first-order chi connectivity index (χ1) is 16.6. The summed E-state index contributed by atoms with van der Waals surface area (Å²) in [4.78, 5) is 12.3. The van der Waals surface area contributed by atoms with Crippen molar-refractivity contribution in [1.82, 2.24) is 0 Å². The maximum absolute atomic E-state index is 12.3. The van der Waals surface area contributed by atoms with Gasteiger partial charge in [0.05, 0.1) is 17.6 Å². The van der Waals surface area contributed by atoms with Gasteiger partial charge in [-0.15, -0.1) is 0 Å². The van der Waals surface area contributed by atoms with Crippen molar-refractivity contribution < 1.29 is 9.53 Å². The van der Waals surface area contributed by atoms with Crippen molar-refractivity contribution in [3.63, 3.8) is 0 Å². The van der Waals surface area contributed by atoms with E-state index < -0.39 is 0 Å². The first kappa shape index (κ1) is 22.8. The van der Waals surface area contributed by atoms with E-state index in [4.69, 9.17) is 9.84 Å². The second kappa shape index (κ2) is 11.0. The maximum atomic E-state index is 12.3. The molecule has 0 bridgehead atoms. The van der Waals surface area contributed by atoms with E-state index in [1.165, 1.54) is 5.56 Å². The predicted octanol–water partition coefficient (Wildman–Crippen LogP) is 6.49. The molecule has 0 spiro atoms. The largest absolute Gasteiger partial charge is 0.484 e. The standard InChI is InChI=1S/C29H27N3O2/c1-22-16-17-25(18-23(22)2)31-29(33)21-34-28-15-9-10-24(19-28)20-30-32(26-11-5-3-6-12-26)27-13-7-4-8-14-27/h3-20H,21H2,1-2H3,(H,31,33)/b30-20-. The van der Waals surface area contributed by atoms with Gasteiger partial charge in [0.25, 0.3) is 5.91 Å². The Morgan fingerprint density at radius 1 is 0.824 bits per heavy atom. The van der Waals surface area contributed by atoms with Crippen molar-refractivity contribution in [3.05, 3.63) is 120 Å². The van der Waals surface area contributed by atoms with E-state index in [1.54, 1.807) is 6.21 Å².